The number of amides is 2. The Morgan fingerprint density at radius 2 is 1.97 bits per heavy atom. The van der Waals surface area contributed by atoms with Crippen LogP contribution in [0.25, 0.3) is 0 Å². The third-order valence-electron chi connectivity index (χ3n) is 4.96. The van der Waals surface area contributed by atoms with Gasteiger partial charge in [0.25, 0.3) is 11.8 Å². The molecule has 2 aromatic heterocycles. The quantitative estimate of drug-likeness (QED) is 0.491. The van der Waals surface area contributed by atoms with Gasteiger partial charge < -0.3 is 19.1 Å². The van der Waals surface area contributed by atoms with Gasteiger partial charge in [-0.3, -0.25) is 14.9 Å². The number of carbonyl (C=O) groups excluding carboxylic acids is 2. The van der Waals surface area contributed by atoms with E-state index in [0.717, 1.165) is 31.0 Å². The van der Waals surface area contributed by atoms with E-state index in [0.29, 0.717) is 46.1 Å². The molecule has 0 spiro atoms. The molecule has 3 aromatic rings. The lowest BCUT2D eigenvalue weighted by Gasteiger charge is -2.30. The number of ether oxygens (including phenoxy) is 3. The Morgan fingerprint density at radius 1 is 1.18 bits per heavy atom. The lowest BCUT2D eigenvalue weighted by atomic mass is 10.2. The summed E-state index contributed by atoms with van der Waals surface area (Å²) in [5.74, 6) is 1.36. The largest absolute Gasteiger partial charge is 0.488 e. The lowest BCUT2D eigenvalue weighted by molar-refractivity contribution is 0.0645. The first-order chi connectivity index (χ1) is 16.4. The van der Waals surface area contributed by atoms with E-state index < -0.39 is 0 Å². The Morgan fingerprint density at radius 3 is 2.59 bits per heavy atom. The smallest absolute Gasteiger partial charge is 0.272 e. The normalized spacial score (nSPS) is 13.7. The summed E-state index contributed by atoms with van der Waals surface area (Å²) in [5.41, 5.74) is 0.687. The van der Waals surface area contributed by atoms with Crippen LogP contribution in [0.1, 0.15) is 40.0 Å². The van der Waals surface area contributed by atoms with Gasteiger partial charge >= 0.3 is 0 Å². The first-order valence-electron chi connectivity index (χ1n) is 10.8. The van der Waals surface area contributed by atoms with Crippen LogP contribution in [-0.4, -0.2) is 64.0 Å². The van der Waals surface area contributed by atoms with Crippen LogP contribution >= 0.6 is 11.5 Å². The number of hydrogen-bond donors (Lipinski definition) is 1. The van der Waals surface area contributed by atoms with E-state index in [1.54, 1.807) is 49.3 Å². The molecule has 0 bridgehead atoms. The first kappa shape index (κ1) is 23.6. The number of hydrogen-bond acceptors (Lipinski definition) is 9. The van der Waals surface area contributed by atoms with E-state index in [1.165, 1.54) is 6.20 Å². The minimum atomic E-state index is -0.375. The number of anilines is 1. The van der Waals surface area contributed by atoms with E-state index in [9.17, 15) is 9.59 Å². The van der Waals surface area contributed by atoms with Crippen molar-refractivity contribution >= 4 is 28.5 Å². The molecule has 1 N–H and O–H groups in total. The second kappa shape index (κ2) is 10.6. The third kappa shape index (κ3) is 5.86. The Bertz CT molecular complexity index is 1160. The molecule has 10 nitrogen and oxygen atoms in total. The number of nitrogens with zero attached hydrogens (tertiary/aromatic N) is 4. The van der Waals surface area contributed by atoms with Crippen molar-refractivity contribution in [3.8, 4) is 17.2 Å². The Hall–Kier alpha value is -3.57. The molecule has 1 aromatic carbocycles. The summed E-state index contributed by atoms with van der Waals surface area (Å²) in [6.45, 7) is 5.51. The van der Waals surface area contributed by atoms with Gasteiger partial charge in [-0.1, -0.05) is 0 Å². The molecular formula is C23H25N5O5S. The molecule has 1 saturated heterocycles. The average Bonchev–Trinajstić information content (AvgIpc) is 3.17. The van der Waals surface area contributed by atoms with Crippen molar-refractivity contribution in [2.24, 2.45) is 0 Å². The molecule has 0 aliphatic carbocycles. The first-order valence-corrected chi connectivity index (χ1v) is 11.5. The van der Waals surface area contributed by atoms with Crippen LogP contribution in [0.2, 0.25) is 0 Å². The highest BCUT2D eigenvalue weighted by molar-refractivity contribution is 7.09. The number of pyridine rings is 1. The van der Waals surface area contributed by atoms with Crippen LogP contribution in [0.3, 0.4) is 0 Å². The zero-order chi connectivity index (χ0) is 24.1. The van der Waals surface area contributed by atoms with Crippen LogP contribution < -0.4 is 14.8 Å². The number of nitrogens with one attached hydrogen (secondary N) is 1. The van der Waals surface area contributed by atoms with Crippen LogP contribution in [0.4, 0.5) is 5.13 Å². The molecule has 11 heteroatoms. The number of carbonyl (C=O) groups is 2. The van der Waals surface area contributed by atoms with Crippen molar-refractivity contribution in [1.29, 1.82) is 0 Å². The van der Waals surface area contributed by atoms with Gasteiger partial charge in [0.15, 0.2) is 0 Å². The minimum absolute atomic E-state index is 0.0915. The van der Waals surface area contributed by atoms with Gasteiger partial charge in [0.05, 0.1) is 12.8 Å². The van der Waals surface area contributed by atoms with E-state index in [-0.39, 0.29) is 17.9 Å². The van der Waals surface area contributed by atoms with Gasteiger partial charge in [0.2, 0.25) is 5.13 Å². The van der Waals surface area contributed by atoms with Crippen molar-refractivity contribution in [2.45, 2.75) is 26.4 Å². The van der Waals surface area contributed by atoms with Crippen molar-refractivity contribution < 1.29 is 23.8 Å². The number of aryl methyl sites for hydroxylation is 1. The van der Waals surface area contributed by atoms with Crippen LogP contribution in [0, 0.1) is 6.92 Å². The molecule has 3 heterocycles. The number of methoxy groups -OCH3 is 1. The van der Waals surface area contributed by atoms with Crippen molar-refractivity contribution in [2.75, 3.05) is 32.1 Å². The summed E-state index contributed by atoms with van der Waals surface area (Å²) in [7, 11) is 1.59. The fourth-order valence-corrected chi connectivity index (χ4v) is 3.80. The van der Waals surface area contributed by atoms with E-state index >= 15 is 0 Å². The zero-order valence-corrected chi connectivity index (χ0v) is 19.9. The molecule has 1 atom stereocenters. The number of likely N-dealkylation sites (tertiary alicyclic amines) is 1. The zero-order valence-electron chi connectivity index (χ0n) is 19.1. The summed E-state index contributed by atoms with van der Waals surface area (Å²) in [4.78, 5) is 35.3. The summed E-state index contributed by atoms with van der Waals surface area (Å²) in [6, 6.07) is 8.19. The van der Waals surface area contributed by atoms with Crippen molar-refractivity contribution in [3.63, 3.8) is 0 Å². The van der Waals surface area contributed by atoms with Gasteiger partial charge in [-0.15, -0.1) is 0 Å². The molecule has 1 aliphatic rings. The van der Waals surface area contributed by atoms with Crippen LogP contribution in [-0.2, 0) is 4.74 Å². The summed E-state index contributed by atoms with van der Waals surface area (Å²) in [5, 5.41) is 3.13. The predicted molar refractivity (Wildman–Crippen MR) is 126 cm³/mol. The van der Waals surface area contributed by atoms with Gasteiger partial charge in [0.1, 0.15) is 34.9 Å². The Kier molecular flexibility index (Phi) is 7.33. The van der Waals surface area contributed by atoms with Gasteiger partial charge in [0, 0.05) is 43.4 Å². The van der Waals surface area contributed by atoms with Gasteiger partial charge in [-0.2, -0.15) is 4.37 Å². The SMILES string of the molecule is COC[C@H](C)Oc1cc(Oc2ccc(C(=O)N3CCC3)nc2)cc(C(=O)Nc2nc(C)ns2)c1. The maximum atomic E-state index is 12.8. The van der Waals surface area contributed by atoms with Crippen LogP contribution in [0.15, 0.2) is 36.5 Å². The lowest BCUT2D eigenvalue weighted by Crippen LogP contribution is -2.42. The monoisotopic (exact) mass is 483 g/mol. The molecule has 1 fully saturated rings. The Labute approximate surface area is 201 Å². The molecule has 2 amide bonds. The second-order valence-corrected chi connectivity index (χ2v) is 8.56. The highest BCUT2D eigenvalue weighted by Gasteiger charge is 2.22. The van der Waals surface area contributed by atoms with Gasteiger partial charge in [-0.05, 0) is 44.5 Å². The highest BCUT2D eigenvalue weighted by Crippen LogP contribution is 2.29. The molecule has 34 heavy (non-hydrogen) atoms. The van der Waals surface area contributed by atoms with Crippen molar-refractivity contribution in [3.05, 3.63) is 53.6 Å². The van der Waals surface area contributed by atoms with Crippen molar-refractivity contribution in [1.82, 2.24) is 19.2 Å². The number of aromatic nitrogens is 3. The fourth-order valence-electron chi connectivity index (χ4n) is 3.23. The third-order valence-corrected chi connectivity index (χ3v) is 5.69. The highest BCUT2D eigenvalue weighted by atomic mass is 32.1. The number of benzene rings is 1. The molecule has 178 valence electrons. The topological polar surface area (TPSA) is 116 Å². The van der Waals surface area contributed by atoms with E-state index in [1.807, 2.05) is 6.92 Å². The summed E-state index contributed by atoms with van der Waals surface area (Å²) >= 11 is 1.10. The Balaban J connectivity index is 1.54. The molecule has 0 saturated carbocycles. The second-order valence-electron chi connectivity index (χ2n) is 7.80. The molecule has 0 radical (unpaired) electrons. The predicted octanol–water partition coefficient (Wildman–Crippen LogP) is 3.55. The van der Waals surface area contributed by atoms with Gasteiger partial charge in [-0.25, -0.2) is 9.97 Å². The van der Waals surface area contributed by atoms with Crippen LogP contribution in [0.5, 0.6) is 17.2 Å². The molecule has 0 unspecified atom stereocenters. The summed E-state index contributed by atoms with van der Waals surface area (Å²) < 4.78 is 21.0. The van der Waals surface area contributed by atoms with E-state index in [2.05, 4.69) is 19.7 Å². The molecular weight excluding hydrogens is 458 g/mol. The molecule has 4 rings (SSSR count). The minimum Gasteiger partial charge on any atom is -0.488 e. The number of rotatable bonds is 9. The molecule has 1 aliphatic heterocycles. The standard InChI is InChI=1S/C23H25N5O5S/c1-14(13-31-3)32-18-9-16(21(29)26-23-25-15(2)27-34-23)10-19(11-18)33-17-5-6-20(24-12-17)22(30)28-7-4-8-28/h5-6,9-12,14H,4,7-8,13H2,1-3H3,(H,25,26,27,29)/t14-/m0/s1. The summed E-state index contributed by atoms with van der Waals surface area (Å²) in [6.07, 6.45) is 2.26. The maximum Gasteiger partial charge on any atom is 0.272 e. The fraction of sp³-hybridized carbons (Fsp3) is 0.348. The maximum absolute atomic E-state index is 12.8. The van der Waals surface area contributed by atoms with E-state index in [4.69, 9.17) is 14.2 Å². The average molecular weight is 484 g/mol.